The van der Waals surface area contributed by atoms with Crippen LogP contribution in [0.2, 0.25) is 5.02 Å². The number of nitrogen functional groups attached to an aromatic ring is 1. The first kappa shape index (κ1) is 17.8. The summed E-state index contributed by atoms with van der Waals surface area (Å²) in [6, 6.07) is 13.9. The van der Waals surface area contributed by atoms with Gasteiger partial charge in [0.05, 0.1) is 22.3 Å². The maximum absolute atomic E-state index is 12.2. The molecule has 24 heavy (non-hydrogen) atoms. The predicted molar refractivity (Wildman–Crippen MR) is 93.8 cm³/mol. The van der Waals surface area contributed by atoms with Gasteiger partial charge in [-0.25, -0.2) is 4.79 Å². The number of likely N-dealkylation sites (N-methyl/N-ethyl adjacent to an activating group) is 1. The minimum atomic E-state index is -0.618. The number of nitrogens with zero attached hydrogens (tertiary/aromatic N) is 1. The van der Waals surface area contributed by atoms with Crippen LogP contribution in [0, 0.1) is 0 Å². The molecule has 1 unspecified atom stereocenters. The Morgan fingerprint density at radius 3 is 2.50 bits per heavy atom. The number of halogens is 1. The molecule has 0 aliphatic rings. The summed E-state index contributed by atoms with van der Waals surface area (Å²) in [4.78, 5) is 25.7. The number of esters is 1. The molecule has 0 aromatic heterocycles. The number of nitrogens with two attached hydrogens (primary N) is 1. The number of hydrogen-bond acceptors (Lipinski definition) is 4. The number of hydrogen-bond donors (Lipinski definition) is 1. The van der Waals surface area contributed by atoms with Gasteiger partial charge in [0.2, 0.25) is 0 Å². The number of amides is 1. The molecular formula is C18H19ClN2O3. The van der Waals surface area contributed by atoms with Crippen LogP contribution < -0.4 is 5.73 Å². The molecule has 2 aromatic rings. The smallest absolute Gasteiger partial charge is 0.338 e. The highest BCUT2D eigenvalue weighted by Gasteiger charge is 2.19. The molecule has 2 N–H and O–H groups in total. The molecule has 5 nitrogen and oxygen atoms in total. The molecular weight excluding hydrogens is 328 g/mol. The van der Waals surface area contributed by atoms with Crippen LogP contribution in [0.25, 0.3) is 0 Å². The standard InChI is InChI=1S/C18H19ClN2O3/c1-12(13-6-4-3-5-7-13)21(2)17(22)11-24-18(23)14-8-9-15(19)16(20)10-14/h3-10,12H,11,20H2,1-2H3. The molecule has 0 saturated heterocycles. The molecule has 126 valence electrons. The van der Waals surface area contributed by atoms with Gasteiger partial charge in [-0.15, -0.1) is 0 Å². The first-order chi connectivity index (χ1) is 11.4. The van der Waals surface area contributed by atoms with Crippen LogP contribution in [0.1, 0.15) is 28.9 Å². The number of anilines is 1. The molecule has 1 atom stereocenters. The van der Waals surface area contributed by atoms with E-state index < -0.39 is 5.97 Å². The largest absolute Gasteiger partial charge is 0.452 e. The van der Waals surface area contributed by atoms with Crippen molar-refractivity contribution >= 4 is 29.2 Å². The topological polar surface area (TPSA) is 72.6 Å². The Labute approximate surface area is 146 Å². The summed E-state index contributed by atoms with van der Waals surface area (Å²) < 4.78 is 5.06. The van der Waals surface area contributed by atoms with Crippen molar-refractivity contribution in [3.63, 3.8) is 0 Å². The van der Waals surface area contributed by atoms with Crippen molar-refractivity contribution < 1.29 is 14.3 Å². The lowest BCUT2D eigenvalue weighted by Crippen LogP contribution is -2.33. The van der Waals surface area contributed by atoms with Gasteiger partial charge in [0, 0.05) is 7.05 Å². The molecule has 0 aliphatic heterocycles. The molecule has 1 amide bonds. The molecule has 0 fully saturated rings. The molecule has 0 aliphatic carbocycles. The Bertz CT molecular complexity index is 734. The van der Waals surface area contributed by atoms with Crippen LogP contribution in [0.4, 0.5) is 5.69 Å². The predicted octanol–water partition coefficient (Wildman–Crippen LogP) is 3.30. The Hall–Kier alpha value is -2.53. The van der Waals surface area contributed by atoms with Gasteiger partial charge < -0.3 is 15.4 Å². The van der Waals surface area contributed by atoms with Gasteiger partial charge in [-0.3, -0.25) is 4.79 Å². The van der Waals surface area contributed by atoms with Gasteiger partial charge >= 0.3 is 5.97 Å². The second kappa shape index (κ2) is 7.84. The van der Waals surface area contributed by atoms with E-state index in [2.05, 4.69) is 0 Å². The van der Waals surface area contributed by atoms with Crippen LogP contribution in [0.5, 0.6) is 0 Å². The lowest BCUT2D eigenvalue weighted by molar-refractivity contribution is -0.135. The Morgan fingerprint density at radius 1 is 1.21 bits per heavy atom. The number of carbonyl (C=O) groups is 2. The van der Waals surface area contributed by atoms with Crippen molar-refractivity contribution in [3.8, 4) is 0 Å². The second-order valence-corrected chi connectivity index (χ2v) is 5.81. The summed E-state index contributed by atoms with van der Waals surface area (Å²) in [6.45, 7) is 1.57. The van der Waals surface area contributed by atoms with E-state index in [0.717, 1.165) is 5.56 Å². The van der Waals surface area contributed by atoms with Crippen LogP contribution in [0.15, 0.2) is 48.5 Å². The van der Waals surface area contributed by atoms with E-state index in [1.807, 2.05) is 37.3 Å². The highest BCUT2D eigenvalue weighted by atomic mass is 35.5. The average molecular weight is 347 g/mol. The van der Waals surface area contributed by atoms with Crippen LogP contribution in [0.3, 0.4) is 0 Å². The maximum Gasteiger partial charge on any atom is 0.338 e. The highest BCUT2D eigenvalue weighted by Crippen LogP contribution is 2.20. The Morgan fingerprint density at radius 2 is 1.88 bits per heavy atom. The van der Waals surface area contributed by atoms with E-state index in [-0.39, 0.29) is 29.8 Å². The second-order valence-electron chi connectivity index (χ2n) is 5.40. The first-order valence-corrected chi connectivity index (χ1v) is 7.80. The van der Waals surface area contributed by atoms with Gasteiger partial charge in [0.25, 0.3) is 5.91 Å². The van der Waals surface area contributed by atoms with E-state index in [4.69, 9.17) is 22.1 Å². The minimum Gasteiger partial charge on any atom is -0.452 e. The monoisotopic (exact) mass is 346 g/mol. The summed E-state index contributed by atoms with van der Waals surface area (Å²) in [5, 5.41) is 0.360. The lowest BCUT2D eigenvalue weighted by Gasteiger charge is -2.25. The van der Waals surface area contributed by atoms with Gasteiger partial charge in [-0.05, 0) is 30.7 Å². The molecule has 0 bridgehead atoms. The summed E-state index contributed by atoms with van der Waals surface area (Å²) in [6.07, 6.45) is 0. The van der Waals surface area contributed by atoms with Crippen molar-refractivity contribution in [2.24, 2.45) is 0 Å². The van der Waals surface area contributed by atoms with Crippen LogP contribution in [-0.4, -0.2) is 30.4 Å². The Balaban J connectivity index is 1.94. The molecule has 0 saturated carbocycles. The van der Waals surface area contributed by atoms with Gasteiger partial charge in [0.15, 0.2) is 6.61 Å². The highest BCUT2D eigenvalue weighted by molar-refractivity contribution is 6.33. The number of carbonyl (C=O) groups excluding carboxylic acids is 2. The molecule has 0 spiro atoms. The number of benzene rings is 2. The summed E-state index contributed by atoms with van der Waals surface area (Å²) in [7, 11) is 1.67. The van der Waals surface area contributed by atoms with Crippen molar-refractivity contribution in [2.45, 2.75) is 13.0 Å². The average Bonchev–Trinajstić information content (AvgIpc) is 2.61. The third kappa shape index (κ3) is 4.26. The van der Waals surface area contributed by atoms with E-state index in [0.29, 0.717) is 5.02 Å². The number of rotatable bonds is 5. The third-order valence-electron chi connectivity index (χ3n) is 3.81. The van der Waals surface area contributed by atoms with Crippen LogP contribution in [-0.2, 0) is 9.53 Å². The molecule has 0 heterocycles. The molecule has 0 radical (unpaired) electrons. The lowest BCUT2D eigenvalue weighted by atomic mass is 10.1. The normalized spacial score (nSPS) is 11.6. The van der Waals surface area contributed by atoms with E-state index in [1.165, 1.54) is 18.2 Å². The van der Waals surface area contributed by atoms with E-state index >= 15 is 0 Å². The van der Waals surface area contributed by atoms with Crippen molar-refractivity contribution in [2.75, 3.05) is 19.4 Å². The summed E-state index contributed by atoms with van der Waals surface area (Å²) in [5.41, 5.74) is 7.19. The fourth-order valence-corrected chi connectivity index (χ4v) is 2.27. The van der Waals surface area contributed by atoms with Gasteiger partial charge in [-0.1, -0.05) is 41.9 Å². The maximum atomic E-state index is 12.2. The van der Waals surface area contributed by atoms with Crippen molar-refractivity contribution in [1.29, 1.82) is 0 Å². The zero-order chi connectivity index (χ0) is 17.7. The summed E-state index contributed by atoms with van der Waals surface area (Å²) in [5.74, 6) is -0.908. The van der Waals surface area contributed by atoms with Crippen LogP contribution >= 0.6 is 11.6 Å². The molecule has 6 heteroatoms. The van der Waals surface area contributed by atoms with Gasteiger partial charge in [-0.2, -0.15) is 0 Å². The quantitative estimate of drug-likeness (QED) is 0.666. The first-order valence-electron chi connectivity index (χ1n) is 7.43. The fourth-order valence-electron chi connectivity index (χ4n) is 2.15. The third-order valence-corrected chi connectivity index (χ3v) is 4.16. The SMILES string of the molecule is CC(c1ccccc1)N(C)C(=O)COC(=O)c1ccc(Cl)c(N)c1. The van der Waals surface area contributed by atoms with Crippen molar-refractivity contribution in [1.82, 2.24) is 4.90 Å². The van der Waals surface area contributed by atoms with E-state index in [9.17, 15) is 9.59 Å². The minimum absolute atomic E-state index is 0.122. The van der Waals surface area contributed by atoms with Crippen molar-refractivity contribution in [3.05, 3.63) is 64.7 Å². The van der Waals surface area contributed by atoms with Gasteiger partial charge in [0.1, 0.15) is 0 Å². The fraction of sp³-hybridized carbons (Fsp3) is 0.222. The van der Waals surface area contributed by atoms with E-state index in [1.54, 1.807) is 11.9 Å². The zero-order valence-corrected chi connectivity index (χ0v) is 14.3. The Kier molecular flexibility index (Phi) is 5.82. The number of ether oxygens (including phenoxy) is 1. The zero-order valence-electron chi connectivity index (χ0n) is 13.5. The molecule has 2 aromatic carbocycles. The summed E-state index contributed by atoms with van der Waals surface area (Å²) >= 11 is 5.81. The molecule has 2 rings (SSSR count).